The fourth-order valence-corrected chi connectivity index (χ4v) is 11.1. The summed E-state index contributed by atoms with van der Waals surface area (Å²) < 4.78 is 82.3. The number of hydrogen-bond donors (Lipinski definition) is 27. The maximum absolute atomic E-state index is 12.3. The van der Waals surface area contributed by atoms with Gasteiger partial charge < -0.3 is 207 Å². The Morgan fingerprint density at radius 1 is 0.315 bits per heavy atom. The molecule has 7 saturated heterocycles. The van der Waals surface area contributed by atoms with E-state index >= 15 is 0 Å². The highest BCUT2D eigenvalue weighted by molar-refractivity contribution is 5.02. The first kappa shape index (κ1) is 74.8. The summed E-state index contributed by atoms with van der Waals surface area (Å²) in [5.74, 6) is 0. The van der Waals surface area contributed by atoms with E-state index in [1.54, 1.807) is 0 Å². The van der Waals surface area contributed by atoms with Gasteiger partial charge in [0.1, 0.15) is 165 Å². The third-order valence-electron chi connectivity index (χ3n) is 16.7. The molecule has 0 unspecified atom stereocenters. The second kappa shape index (κ2) is 32.9. The van der Waals surface area contributed by atoms with Crippen LogP contribution < -0.4 is 28.7 Å². The Balaban J connectivity index is 1.24. The average molecular weight is 1310 g/mol. The number of nitrogens with two attached hydrogens (primary N) is 5. The first-order valence-electron chi connectivity index (χ1n) is 28.5. The van der Waals surface area contributed by atoms with Crippen molar-refractivity contribution in [3.05, 3.63) is 0 Å². The minimum atomic E-state index is -2.43. The van der Waals surface area contributed by atoms with Crippen LogP contribution in [0.1, 0.15) is 0 Å². The molecule has 0 aliphatic carbocycles. The van der Waals surface area contributed by atoms with Gasteiger partial charge in [-0.15, -0.1) is 0 Å². The van der Waals surface area contributed by atoms with Crippen LogP contribution in [0.3, 0.4) is 0 Å². The lowest BCUT2D eigenvalue weighted by Crippen LogP contribution is -2.70. The summed E-state index contributed by atoms with van der Waals surface area (Å²) in [7, 11) is 0. The van der Waals surface area contributed by atoms with E-state index in [1.165, 1.54) is 0 Å². The molecule has 0 aromatic carbocycles. The van der Waals surface area contributed by atoms with Crippen LogP contribution in [-0.4, -0.2) is 411 Å². The van der Waals surface area contributed by atoms with E-state index in [0.717, 1.165) is 0 Å². The molecule has 0 amide bonds. The highest BCUT2D eigenvalue weighted by Gasteiger charge is 2.59. The second-order valence-electron chi connectivity index (χ2n) is 22.6. The maximum Gasteiger partial charge on any atom is 0.187 e. The smallest absolute Gasteiger partial charge is 0.187 e. The lowest BCUT2D eigenvalue weighted by Gasteiger charge is -2.51. The van der Waals surface area contributed by atoms with Gasteiger partial charge in [0, 0.05) is 0 Å². The van der Waals surface area contributed by atoms with Crippen molar-refractivity contribution in [2.45, 2.75) is 239 Å². The molecule has 7 rings (SSSR count). The van der Waals surface area contributed by atoms with Crippen molar-refractivity contribution in [3.8, 4) is 0 Å². The summed E-state index contributed by atoms with van der Waals surface area (Å²) in [5, 5.41) is 237. The van der Waals surface area contributed by atoms with Gasteiger partial charge in [0.15, 0.2) is 44.0 Å². The fraction of sp³-hybridized carbons (Fsp3) is 1.00. The first-order valence-corrected chi connectivity index (χ1v) is 28.5. The van der Waals surface area contributed by atoms with Crippen LogP contribution in [0.2, 0.25) is 0 Å². The van der Waals surface area contributed by atoms with E-state index in [0.29, 0.717) is 0 Å². The molecule has 0 radical (unpaired) electrons. The van der Waals surface area contributed by atoms with Crippen molar-refractivity contribution in [3.63, 3.8) is 0 Å². The normalized spacial score (nSPS) is 49.9. The van der Waals surface area contributed by atoms with Crippen molar-refractivity contribution in [1.82, 2.24) is 0 Å². The number of aliphatic hydroxyl groups excluding tert-OH is 22. The van der Waals surface area contributed by atoms with Crippen molar-refractivity contribution >= 4 is 0 Å². The molecule has 0 aromatic heterocycles. The van der Waals surface area contributed by atoms with Crippen molar-refractivity contribution in [2.75, 3.05) is 59.5 Å². The van der Waals surface area contributed by atoms with Gasteiger partial charge in [0.05, 0.1) is 89.7 Å². The molecule has 32 N–H and O–H groups in total. The van der Waals surface area contributed by atoms with Gasteiger partial charge in [-0.1, -0.05) is 0 Å². The molecule has 39 atom stereocenters. The van der Waals surface area contributed by atoms with E-state index < -0.39 is 299 Å². The molecule has 7 fully saturated rings. The van der Waals surface area contributed by atoms with Crippen LogP contribution in [0, 0.1) is 0 Å². The third-order valence-corrected chi connectivity index (χ3v) is 16.7. The Morgan fingerprint density at radius 2 is 0.663 bits per heavy atom. The van der Waals surface area contributed by atoms with Crippen molar-refractivity contribution < 1.29 is 179 Å². The molecule has 41 nitrogen and oxygen atoms in total. The van der Waals surface area contributed by atoms with Gasteiger partial charge in [0.2, 0.25) is 0 Å². The summed E-state index contributed by atoms with van der Waals surface area (Å²) in [6, 6.07) is -8.31. The molecule has 0 saturated carbocycles. The predicted molar refractivity (Wildman–Crippen MR) is 276 cm³/mol. The van der Waals surface area contributed by atoms with Gasteiger partial charge in [-0.3, -0.25) is 0 Å². The number of aliphatic hydroxyl groups is 22. The van der Waals surface area contributed by atoms with E-state index in [9.17, 15) is 112 Å². The zero-order valence-corrected chi connectivity index (χ0v) is 47.3. The van der Waals surface area contributed by atoms with Crippen molar-refractivity contribution in [2.24, 2.45) is 28.7 Å². The molecule has 522 valence electrons. The van der Waals surface area contributed by atoms with Crippen LogP contribution in [0.4, 0.5) is 0 Å². The molecule has 41 heteroatoms. The van der Waals surface area contributed by atoms with Crippen LogP contribution >= 0.6 is 0 Å². The quantitative estimate of drug-likeness (QED) is 0.0382. The van der Waals surface area contributed by atoms with Crippen LogP contribution in [0.15, 0.2) is 0 Å². The van der Waals surface area contributed by atoms with Crippen LogP contribution in [0.25, 0.3) is 0 Å². The standard InChI is InChI=1S/C48H89N5O36/c49-10(1-54)23(63)36(11(62)2-55)84-45-22(53)32(72)37(16(7-60)81-45)86-46-35(75)39(28(68)18(83-46)9-76-47-40(33(73)27(67)15(6-59)80-47)88-43-20(51)30(70)25(65)13(4-57)78-43)87-48-41(89-44-21(52)31(71)26(66)14(5-58)79-44)34(74)38(17(8-61)82-48)85-42-19(50)29(69)24(64)12(3-56)77-42/h10-48,54-75H,1-9,49-53H2/t10-,11+,12+,13+,14+,15+,16+,17+,18+,19+,20+,21+,22+,23+,24+,25+,26+,27+,28+,29+,30+,31+,32+,33-,34-,35-,36+,37+,38+,39-,40-,41-,42+,43+,44+,45+,46-,47-,48+/m0/s1. The average Bonchev–Trinajstić information content (AvgIpc) is 1.06. The lowest BCUT2D eigenvalue weighted by atomic mass is 9.94. The van der Waals surface area contributed by atoms with E-state index in [2.05, 4.69) is 0 Å². The van der Waals surface area contributed by atoms with E-state index in [4.69, 9.17) is 95.0 Å². The third kappa shape index (κ3) is 16.1. The Morgan fingerprint density at radius 3 is 1.10 bits per heavy atom. The number of hydrogen-bond acceptors (Lipinski definition) is 41. The topological polar surface area (TPSA) is 704 Å². The molecule has 7 aliphatic heterocycles. The zero-order valence-electron chi connectivity index (χ0n) is 47.3. The maximum atomic E-state index is 12.3. The Kier molecular flexibility index (Phi) is 27.6. The molecule has 0 aromatic rings. The second-order valence-corrected chi connectivity index (χ2v) is 22.6. The number of rotatable bonds is 26. The van der Waals surface area contributed by atoms with Gasteiger partial charge in [0.25, 0.3) is 0 Å². The minimum Gasteiger partial charge on any atom is -0.395 e. The molecule has 0 spiro atoms. The highest BCUT2D eigenvalue weighted by Crippen LogP contribution is 2.38. The molecule has 0 bridgehead atoms. The fourth-order valence-electron chi connectivity index (χ4n) is 11.1. The molecular weight excluding hydrogens is 1220 g/mol. The lowest BCUT2D eigenvalue weighted by molar-refractivity contribution is -0.401. The summed E-state index contributed by atoms with van der Waals surface area (Å²) in [6.45, 7) is -8.93. The Hall–Kier alpha value is -1.64. The molecule has 89 heavy (non-hydrogen) atoms. The van der Waals surface area contributed by atoms with E-state index in [1.807, 2.05) is 0 Å². The summed E-state index contributed by atoms with van der Waals surface area (Å²) in [5.41, 5.74) is 30.6. The SMILES string of the molecule is N[C@H]1[C@@H](O[C@@H]2[C@@H](O[C@@H]3[C@H](O)[C@H](O[C@H]4[C@H](O)[C@@H](N)[C@@H](O[C@@H]([C@H](O)[C@@H](N)CO)[C@H](O)CO)O[C@@H]4CO)O[C@H](CO[C@H]4O[C@H](CO)[C@@H](O)[C@H](O)[C@@H]4O[C@H]4O[C@H](CO)[C@@H](O)[C@H](O)[C@H]4N)[C@H]3O)O[C@H](CO)[C@@H](O[C@H]3O[C@H](CO)[C@@H](O)[C@H](O)[C@H]3N)[C@@H]2O)O[C@H](CO)[C@@H](O)[C@@H]1O. The molecule has 7 aliphatic rings. The summed E-state index contributed by atoms with van der Waals surface area (Å²) in [6.07, 6.45) is -66.2. The predicted octanol–water partition coefficient (Wildman–Crippen LogP) is -19.0. The highest BCUT2D eigenvalue weighted by atomic mass is 16.8. The number of ether oxygens (including phenoxy) is 14. The Bertz CT molecular complexity index is 2100. The van der Waals surface area contributed by atoms with Crippen molar-refractivity contribution in [1.29, 1.82) is 0 Å². The zero-order chi connectivity index (χ0) is 65.8. The van der Waals surface area contributed by atoms with E-state index in [-0.39, 0.29) is 0 Å². The summed E-state index contributed by atoms with van der Waals surface area (Å²) >= 11 is 0. The van der Waals surface area contributed by atoms with Crippen LogP contribution in [-0.2, 0) is 66.3 Å². The molecular formula is C48H89N5O36. The largest absolute Gasteiger partial charge is 0.395 e. The Labute approximate surface area is 505 Å². The summed E-state index contributed by atoms with van der Waals surface area (Å²) in [4.78, 5) is 0. The van der Waals surface area contributed by atoms with Crippen LogP contribution in [0.5, 0.6) is 0 Å². The van der Waals surface area contributed by atoms with Gasteiger partial charge >= 0.3 is 0 Å². The minimum absolute atomic E-state index is 0.857. The first-order chi connectivity index (χ1) is 42.2. The monoisotopic (exact) mass is 1310 g/mol. The van der Waals surface area contributed by atoms with Gasteiger partial charge in [-0.05, 0) is 0 Å². The van der Waals surface area contributed by atoms with Gasteiger partial charge in [-0.25, -0.2) is 0 Å². The van der Waals surface area contributed by atoms with Gasteiger partial charge in [-0.2, -0.15) is 0 Å². The molecule has 7 heterocycles.